The predicted molar refractivity (Wildman–Crippen MR) is 72.5 cm³/mol. The Kier molecular flexibility index (Phi) is 4.01. The van der Waals surface area contributed by atoms with E-state index in [9.17, 15) is 13.2 Å². The van der Waals surface area contributed by atoms with Crippen LogP contribution < -0.4 is 4.74 Å². The van der Waals surface area contributed by atoms with Crippen LogP contribution in [0.5, 0.6) is 5.75 Å². The summed E-state index contributed by atoms with van der Waals surface area (Å²) in [5.74, 6) is -1.08. The Morgan fingerprint density at radius 2 is 2.05 bits per heavy atom. The Labute approximate surface area is 118 Å². The van der Waals surface area contributed by atoms with Crippen molar-refractivity contribution in [2.45, 2.75) is 30.2 Å². The molecule has 2 rings (SSSR count). The van der Waals surface area contributed by atoms with Gasteiger partial charge in [0.2, 0.25) is 10.0 Å². The molecular formula is C13H17NO5S. The van der Waals surface area contributed by atoms with Gasteiger partial charge in [0.15, 0.2) is 0 Å². The summed E-state index contributed by atoms with van der Waals surface area (Å²) in [6.07, 6.45) is 2.71. The summed E-state index contributed by atoms with van der Waals surface area (Å²) < 4.78 is 31.1. The monoisotopic (exact) mass is 299 g/mol. The van der Waals surface area contributed by atoms with Gasteiger partial charge in [-0.1, -0.05) is 6.42 Å². The first kappa shape index (κ1) is 14.8. The van der Waals surface area contributed by atoms with Gasteiger partial charge < -0.3 is 9.84 Å². The second kappa shape index (κ2) is 5.41. The molecule has 110 valence electrons. The highest BCUT2D eigenvalue weighted by Gasteiger charge is 2.32. The van der Waals surface area contributed by atoms with Gasteiger partial charge in [-0.2, -0.15) is 4.31 Å². The van der Waals surface area contributed by atoms with E-state index in [4.69, 9.17) is 9.84 Å². The van der Waals surface area contributed by atoms with Gasteiger partial charge in [-0.25, -0.2) is 13.2 Å². The minimum atomic E-state index is -3.67. The molecule has 1 aliphatic rings. The molecule has 1 fully saturated rings. The number of hydrogen-bond donors (Lipinski definition) is 1. The SMILES string of the molecule is COc1ccc(S(=O)(=O)N(C)C2CCC2)cc1C(=O)O. The number of aromatic carboxylic acids is 1. The summed E-state index contributed by atoms with van der Waals surface area (Å²) in [5.41, 5.74) is -0.157. The average molecular weight is 299 g/mol. The number of carboxylic acids is 1. The molecule has 1 aliphatic carbocycles. The lowest BCUT2D eigenvalue weighted by atomic mass is 9.94. The van der Waals surface area contributed by atoms with Crippen molar-refractivity contribution >= 4 is 16.0 Å². The van der Waals surface area contributed by atoms with Crippen molar-refractivity contribution in [3.63, 3.8) is 0 Å². The molecule has 0 bridgehead atoms. The first-order valence-electron chi connectivity index (χ1n) is 6.27. The smallest absolute Gasteiger partial charge is 0.339 e. The van der Waals surface area contributed by atoms with Gasteiger partial charge in [0, 0.05) is 13.1 Å². The fourth-order valence-corrected chi connectivity index (χ4v) is 3.57. The van der Waals surface area contributed by atoms with Crippen LogP contribution >= 0.6 is 0 Å². The molecular weight excluding hydrogens is 282 g/mol. The predicted octanol–water partition coefficient (Wildman–Crippen LogP) is 1.57. The fourth-order valence-electron chi connectivity index (χ4n) is 2.13. The number of rotatable bonds is 5. The lowest BCUT2D eigenvalue weighted by Gasteiger charge is -2.33. The summed E-state index contributed by atoms with van der Waals surface area (Å²) in [4.78, 5) is 11.1. The van der Waals surface area contributed by atoms with Crippen LogP contribution in [0.25, 0.3) is 0 Å². The van der Waals surface area contributed by atoms with Crippen molar-refractivity contribution in [1.29, 1.82) is 0 Å². The van der Waals surface area contributed by atoms with E-state index in [0.29, 0.717) is 0 Å². The maximum absolute atomic E-state index is 12.4. The number of hydrogen-bond acceptors (Lipinski definition) is 4. The molecule has 1 aromatic rings. The molecule has 1 N–H and O–H groups in total. The van der Waals surface area contributed by atoms with E-state index >= 15 is 0 Å². The summed E-state index contributed by atoms with van der Waals surface area (Å²) in [5, 5.41) is 9.10. The number of benzene rings is 1. The van der Waals surface area contributed by atoms with E-state index in [-0.39, 0.29) is 22.3 Å². The first-order valence-corrected chi connectivity index (χ1v) is 7.71. The second-order valence-electron chi connectivity index (χ2n) is 4.77. The Morgan fingerprint density at radius 1 is 1.40 bits per heavy atom. The largest absolute Gasteiger partial charge is 0.496 e. The zero-order chi connectivity index (χ0) is 14.9. The molecule has 0 amide bonds. The van der Waals surface area contributed by atoms with Gasteiger partial charge in [-0.3, -0.25) is 0 Å². The summed E-state index contributed by atoms with van der Waals surface area (Å²) in [6.45, 7) is 0. The third-order valence-corrected chi connectivity index (χ3v) is 5.57. The summed E-state index contributed by atoms with van der Waals surface area (Å²) in [6, 6.07) is 3.89. The van der Waals surface area contributed by atoms with Gasteiger partial charge >= 0.3 is 5.97 Å². The van der Waals surface area contributed by atoms with E-state index in [1.165, 1.54) is 30.6 Å². The maximum atomic E-state index is 12.4. The number of nitrogens with zero attached hydrogens (tertiary/aromatic N) is 1. The molecule has 0 spiro atoms. The van der Waals surface area contributed by atoms with Crippen LogP contribution in [0, 0.1) is 0 Å². The molecule has 0 saturated heterocycles. The fraction of sp³-hybridized carbons (Fsp3) is 0.462. The van der Waals surface area contributed by atoms with E-state index in [2.05, 4.69) is 0 Å². The van der Waals surface area contributed by atoms with Gasteiger partial charge in [0.05, 0.1) is 12.0 Å². The summed E-state index contributed by atoms with van der Waals surface area (Å²) in [7, 11) is -0.790. The van der Waals surface area contributed by atoms with E-state index < -0.39 is 16.0 Å². The van der Waals surface area contributed by atoms with Crippen LogP contribution in [0.4, 0.5) is 0 Å². The lowest BCUT2D eigenvalue weighted by Crippen LogP contribution is -2.41. The highest BCUT2D eigenvalue weighted by molar-refractivity contribution is 7.89. The van der Waals surface area contributed by atoms with E-state index in [1.54, 1.807) is 0 Å². The number of carboxylic acid groups (broad SMARTS) is 1. The van der Waals surface area contributed by atoms with Crippen LogP contribution in [-0.2, 0) is 10.0 Å². The molecule has 1 aromatic carbocycles. The zero-order valence-electron chi connectivity index (χ0n) is 11.4. The van der Waals surface area contributed by atoms with Crippen LogP contribution in [0.15, 0.2) is 23.1 Å². The van der Waals surface area contributed by atoms with Crippen LogP contribution in [0.3, 0.4) is 0 Å². The van der Waals surface area contributed by atoms with Crippen molar-refractivity contribution in [2.24, 2.45) is 0 Å². The van der Waals surface area contributed by atoms with Gasteiger partial charge in [-0.15, -0.1) is 0 Å². The average Bonchev–Trinajstić information content (AvgIpc) is 2.35. The first-order chi connectivity index (χ1) is 9.37. The highest BCUT2D eigenvalue weighted by Crippen LogP contribution is 2.30. The molecule has 0 aromatic heterocycles. The Hall–Kier alpha value is -1.60. The Balaban J connectivity index is 2.41. The molecule has 0 aliphatic heterocycles. The molecule has 0 radical (unpaired) electrons. The minimum Gasteiger partial charge on any atom is -0.496 e. The third kappa shape index (κ3) is 2.51. The Bertz CT molecular complexity index is 622. The van der Waals surface area contributed by atoms with Crippen molar-refractivity contribution in [3.8, 4) is 5.75 Å². The number of carbonyl (C=O) groups is 1. The standard InChI is InChI=1S/C13H17NO5S/c1-14(9-4-3-5-9)20(17,18)10-6-7-12(19-2)11(8-10)13(15)16/h6-9H,3-5H2,1-2H3,(H,15,16). The van der Waals surface area contributed by atoms with Crippen LogP contribution in [0.1, 0.15) is 29.6 Å². The molecule has 6 nitrogen and oxygen atoms in total. The summed E-state index contributed by atoms with van der Waals surface area (Å²) >= 11 is 0. The Morgan fingerprint density at radius 3 is 2.50 bits per heavy atom. The van der Waals surface area contributed by atoms with Crippen LogP contribution in [-0.4, -0.2) is 44.0 Å². The quantitative estimate of drug-likeness (QED) is 0.892. The van der Waals surface area contributed by atoms with Crippen LogP contribution in [0.2, 0.25) is 0 Å². The molecule has 0 atom stereocenters. The van der Waals surface area contributed by atoms with E-state index in [1.807, 2.05) is 0 Å². The third-order valence-electron chi connectivity index (χ3n) is 3.67. The highest BCUT2D eigenvalue weighted by atomic mass is 32.2. The normalized spacial score (nSPS) is 15.9. The van der Waals surface area contributed by atoms with E-state index in [0.717, 1.165) is 25.3 Å². The molecule has 0 heterocycles. The van der Waals surface area contributed by atoms with Crippen molar-refractivity contribution in [1.82, 2.24) is 4.31 Å². The molecule has 7 heteroatoms. The zero-order valence-corrected chi connectivity index (χ0v) is 12.2. The van der Waals surface area contributed by atoms with Crippen molar-refractivity contribution < 1.29 is 23.1 Å². The molecule has 1 saturated carbocycles. The number of ether oxygens (including phenoxy) is 1. The van der Waals surface area contributed by atoms with Gasteiger partial charge in [0.25, 0.3) is 0 Å². The molecule has 20 heavy (non-hydrogen) atoms. The van der Waals surface area contributed by atoms with Crippen molar-refractivity contribution in [3.05, 3.63) is 23.8 Å². The second-order valence-corrected chi connectivity index (χ2v) is 6.77. The minimum absolute atomic E-state index is 0.00961. The molecule has 0 unspecified atom stereocenters. The van der Waals surface area contributed by atoms with Gasteiger partial charge in [-0.05, 0) is 31.0 Å². The maximum Gasteiger partial charge on any atom is 0.339 e. The lowest BCUT2D eigenvalue weighted by molar-refractivity contribution is 0.0693. The number of sulfonamides is 1. The van der Waals surface area contributed by atoms with Gasteiger partial charge in [0.1, 0.15) is 11.3 Å². The number of methoxy groups -OCH3 is 1. The topological polar surface area (TPSA) is 83.9 Å². The van der Waals surface area contributed by atoms with Crippen molar-refractivity contribution in [2.75, 3.05) is 14.2 Å².